The van der Waals surface area contributed by atoms with Crippen LogP contribution in [0.1, 0.15) is 22.5 Å². The van der Waals surface area contributed by atoms with Gasteiger partial charge < -0.3 is 14.2 Å². The highest BCUT2D eigenvalue weighted by Gasteiger charge is 2.24. The van der Waals surface area contributed by atoms with Gasteiger partial charge in [0.2, 0.25) is 5.91 Å². The van der Waals surface area contributed by atoms with E-state index in [1.807, 2.05) is 35.2 Å². The zero-order chi connectivity index (χ0) is 16.9. The lowest BCUT2D eigenvalue weighted by Gasteiger charge is -2.21. The van der Waals surface area contributed by atoms with Crippen molar-refractivity contribution in [1.82, 2.24) is 9.80 Å². The molecule has 0 radical (unpaired) electrons. The summed E-state index contributed by atoms with van der Waals surface area (Å²) in [6.07, 6.45) is 1.17. The standard InChI is InChI=1S/C18H19BrN2O3/c19-16-8-7-15(24-16)18(23)21-10-4-9-20(11-12-21)17(22)13-14-5-2-1-3-6-14/h1-3,5-8H,4,9-13H2. The molecule has 2 heterocycles. The maximum absolute atomic E-state index is 12.5. The van der Waals surface area contributed by atoms with Gasteiger partial charge in [-0.1, -0.05) is 30.3 Å². The molecule has 2 amide bonds. The predicted molar refractivity (Wildman–Crippen MR) is 93.7 cm³/mol. The van der Waals surface area contributed by atoms with E-state index < -0.39 is 0 Å². The number of hydrogen-bond acceptors (Lipinski definition) is 3. The normalized spacial score (nSPS) is 15.2. The quantitative estimate of drug-likeness (QED) is 0.809. The average Bonchev–Trinajstić information content (AvgIpc) is 2.87. The van der Waals surface area contributed by atoms with Gasteiger partial charge in [-0.25, -0.2) is 0 Å². The summed E-state index contributed by atoms with van der Waals surface area (Å²) in [7, 11) is 0. The highest BCUT2D eigenvalue weighted by atomic mass is 79.9. The van der Waals surface area contributed by atoms with Crippen LogP contribution in [-0.4, -0.2) is 47.8 Å². The summed E-state index contributed by atoms with van der Waals surface area (Å²) in [5.41, 5.74) is 1.01. The Bertz CT molecular complexity index is 714. The van der Waals surface area contributed by atoms with Crippen LogP contribution in [-0.2, 0) is 11.2 Å². The van der Waals surface area contributed by atoms with E-state index in [2.05, 4.69) is 15.9 Å². The van der Waals surface area contributed by atoms with Gasteiger partial charge >= 0.3 is 0 Å². The molecule has 1 aliphatic heterocycles. The molecule has 0 atom stereocenters. The van der Waals surface area contributed by atoms with Crippen molar-refractivity contribution in [2.75, 3.05) is 26.2 Å². The summed E-state index contributed by atoms with van der Waals surface area (Å²) in [6.45, 7) is 2.39. The number of nitrogens with zero attached hydrogens (tertiary/aromatic N) is 2. The highest BCUT2D eigenvalue weighted by Crippen LogP contribution is 2.17. The second-order valence-corrected chi connectivity index (χ2v) is 6.57. The predicted octanol–water partition coefficient (Wildman–Crippen LogP) is 2.96. The number of amides is 2. The molecule has 0 N–H and O–H groups in total. The molecule has 0 saturated carbocycles. The summed E-state index contributed by atoms with van der Waals surface area (Å²) in [5.74, 6) is 0.306. The minimum atomic E-state index is -0.127. The highest BCUT2D eigenvalue weighted by molar-refractivity contribution is 9.10. The molecule has 5 nitrogen and oxygen atoms in total. The number of hydrogen-bond donors (Lipinski definition) is 0. The number of carbonyl (C=O) groups is 2. The van der Waals surface area contributed by atoms with Crippen molar-refractivity contribution in [3.05, 3.63) is 58.5 Å². The maximum Gasteiger partial charge on any atom is 0.289 e. The molecule has 0 spiro atoms. The van der Waals surface area contributed by atoms with Gasteiger partial charge in [-0.15, -0.1) is 0 Å². The Morgan fingerprint density at radius 2 is 1.67 bits per heavy atom. The molecule has 1 aromatic carbocycles. The number of carbonyl (C=O) groups excluding carboxylic acids is 2. The summed E-state index contributed by atoms with van der Waals surface area (Å²) in [6, 6.07) is 13.1. The molecule has 0 unspecified atom stereocenters. The topological polar surface area (TPSA) is 53.8 Å². The second-order valence-electron chi connectivity index (χ2n) is 5.79. The molecule has 24 heavy (non-hydrogen) atoms. The minimum absolute atomic E-state index is 0.108. The number of rotatable bonds is 3. The van der Waals surface area contributed by atoms with Gasteiger partial charge in [-0.05, 0) is 40.0 Å². The number of halogens is 1. The van der Waals surface area contributed by atoms with Crippen LogP contribution in [0.3, 0.4) is 0 Å². The molecular weight excluding hydrogens is 372 g/mol. The van der Waals surface area contributed by atoms with Crippen molar-refractivity contribution >= 4 is 27.7 Å². The van der Waals surface area contributed by atoms with Crippen LogP contribution in [0.15, 0.2) is 51.6 Å². The Kier molecular flexibility index (Phi) is 5.35. The molecule has 1 fully saturated rings. The Morgan fingerprint density at radius 3 is 2.38 bits per heavy atom. The zero-order valence-corrected chi connectivity index (χ0v) is 14.9. The molecular formula is C18H19BrN2O3. The van der Waals surface area contributed by atoms with E-state index in [9.17, 15) is 9.59 Å². The average molecular weight is 391 g/mol. The van der Waals surface area contributed by atoms with E-state index in [0.29, 0.717) is 43.0 Å². The molecule has 1 saturated heterocycles. The summed E-state index contributed by atoms with van der Waals surface area (Å²) in [5, 5.41) is 0. The molecule has 0 bridgehead atoms. The molecule has 126 valence electrons. The lowest BCUT2D eigenvalue weighted by atomic mass is 10.1. The first-order chi connectivity index (χ1) is 11.6. The van der Waals surface area contributed by atoms with Gasteiger partial charge in [0, 0.05) is 26.2 Å². The third-order valence-electron chi connectivity index (χ3n) is 4.12. The van der Waals surface area contributed by atoms with E-state index in [1.54, 1.807) is 17.0 Å². The van der Waals surface area contributed by atoms with Crippen molar-refractivity contribution in [3.63, 3.8) is 0 Å². The Morgan fingerprint density at radius 1 is 0.958 bits per heavy atom. The van der Waals surface area contributed by atoms with Crippen molar-refractivity contribution in [3.8, 4) is 0 Å². The monoisotopic (exact) mass is 390 g/mol. The van der Waals surface area contributed by atoms with Gasteiger partial charge in [-0.2, -0.15) is 0 Å². The fourth-order valence-electron chi connectivity index (χ4n) is 2.84. The molecule has 1 aromatic heterocycles. The Hall–Kier alpha value is -2.08. The second kappa shape index (κ2) is 7.66. The molecule has 3 rings (SSSR count). The van der Waals surface area contributed by atoms with Crippen LogP contribution in [0.2, 0.25) is 0 Å². The third kappa shape index (κ3) is 4.06. The first-order valence-corrected chi connectivity index (χ1v) is 8.79. The fourth-order valence-corrected chi connectivity index (χ4v) is 3.14. The molecule has 1 aliphatic rings. The van der Waals surface area contributed by atoms with Gasteiger partial charge in [0.15, 0.2) is 10.4 Å². The minimum Gasteiger partial charge on any atom is -0.444 e. The first-order valence-electron chi connectivity index (χ1n) is 8.00. The van der Waals surface area contributed by atoms with E-state index in [0.717, 1.165) is 12.0 Å². The number of benzene rings is 1. The van der Waals surface area contributed by atoms with Gasteiger partial charge in [0.05, 0.1) is 6.42 Å². The fraction of sp³-hybridized carbons (Fsp3) is 0.333. The summed E-state index contributed by atoms with van der Waals surface area (Å²) < 4.78 is 5.88. The third-order valence-corrected chi connectivity index (χ3v) is 4.54. The lowest BCUT2D eigenvalue weighted by molar-refractivity contribution is -0.130. The van der Waals surface area contributed by atoms with Gasteiger partial charge in [0.1, 0.15) is 0 Å². The largest absolute Gasteiger partial charge is 0.444 e. The molecule has 6 heteroatoms. The van der Waals surface area contributed by atoms with Gasteiger partial charge in [0.25, 0.3) is 5.91 Å². The van der Waals surface area contributed by atoms with Crippen molar-refractivity contribution in [1.29, 1.82) is 0 Å². The van der Waals surface area contributed by atoms with Crippen molar-refractivity contribution in [2.24, 2.45) is 0 Å². The van der Waals surface area contributed by atoms with E-state index in [1.165, 1.54) is 0 Å². The number of furan rings is 1. The van der Waals surface area contributed by atoms with E-state index >= 15 is 0 Å². The summed E-state index contributed by atoms with van der Waals surface area (Å²) >= 11 is 3.21. The Balaban J connectivity index is 1.58. The maximum atomic E-state index is 12.5. The van der Waals surface area contributed by atoms with Crippen molar-refractivity contribution < 1.29 is 14.0 Å². The van der Waals surface area contributed by atoms with Crippen LogP contribution in [0.4, 0.5) is 0 Å². The van der Waals surface area contributed by atoms with Gasteiger partial charge in [-0.3, -0.25) is 9.59 Å². The Labute approximate surface area is 149 Å². The lowest BCUT2D eigenvalue weighted by Crippen LogP contribution is -2.37. The summed E-state index contributed by atoms with van der Waals surface area (Å²) in [4.78, 5) is 28.5. The molecule has 0 aliphatic carbocycles. The SMILES string of the molecule is O=C(Cc1ccccc1)N1CCCN(C(=O)c2ccc(Br)o2)CC1. The van der Waals surface area contributed by atoms with Crippen LogP contribution in [0, 0.1) is 0 Å². The first kappa shape index (κ1) is 16.8. The van der Waals surface area contributed by atoms with Crippen LogP contribution in [0.25, 0.3) is 0 Å². The van der Waals surface area contributed by atoms with E-state index in [-0.39, 0.29) is 11.8 Å². The van der Waals surface area contributed by atoms with E-state index in [4.69, 9.17) is 4.42 Å². The van der Waals surface area contributed by atoms with Crippen LogP contribution < -0.4 is 0 Å². The van der Waals surface area contributed by atoms with Crippen LogP contribution in [0.5, 0.6) is 0 Å². The van der Waals surface area contributed by atoms with Crippen molar-refractivity contribution in [2.45, 2.75) is 12.8 Å². The zero-order valence-electron chi connectivity index (χ0n) is 13.3. The molecule has 2 aromatic rings. The van der Waals surface area contributed by atoms with Crippen LogP contribution >= 0.6 is 15.9 Å². The smallest absolute Gasteiger partial charge is 0.289 e.